The van der Waals surface area contributed by atoms with Gasteiger partial charge in [-0.3, -0.25) is 25.0 Å². The number of nitrogens with one attached hydrogen (secondary N) is 1. The monoisotopic (exact) mass is 420 g/mol. The van der Waals surface area contributed by atoms with Crippen LogP contribution in [-0.4, -0.2) is 22.0 Å². The van der Waals surface area contributed by atoms with E-state index < -0.39 is 15.8 Å². The molecular formula is C21H16N4O6. The third kappa shape index (κ3) is 5.94. The molecule has 1 amide bonds. The van der Waals surface area contributed by atoms with Gasteiger partial charge in [0, 0.05) is 29.8 Å². The van der Waals surface area contributed by atoms with E-state index in [0.717, 1.165) is 5.56 Å². The molecule has 0 atom stereocenters. The number of nitro benzene ring substituents is 2. The fourth-order valence-electron chi connectivity index (χ4n) is 2.52. The standard InChI is InChI=1S/C21H16N4O6/c26-21(17-2-1-3-19(12-17)25(29)30)23-22-13-15-6-10-20(11-7-15)31-14-16-4-8-18(9-5-16)24(27)28/h1-13H,14H2,(H,23,26)/b22-13-. The molecule has 0 saturated heterocycles. The summed E-state index contributed by atoms with van der Waals surface area (Å²) in [5.74, 6) is 0.0270. The Morgan fingerprint density at radius 2 is 1.61 bits per heavy atom. The summed E-state index contributed by atoms with van der Waals surface area (Å²) < 4.78 is 5.64. The summed E-state index contributed by atoms with van der Waals surface area (Å²) in [5, 5.41) is 25.3. The summed E-state index contributed by atoms with van der Waals surface area (Å²) in [6.45, 7) is 0.255. The van der Waals surface area contributed by atoms with E-state index in [-0.39, 0.29) is 23.5 Å². The maximum Gasteiger partial charge on any atom is 0.271 e. The summed E-state index contributed by atoms with van der Waals surface area (Å²) in [6, 6.07) is 18.3. The molecule has 0 aliphatic heterocycles. The molecule has 3 aromatic carbocycles. The predicted octanol–water partition coefficient (Wildman–Crippen LogP) is 3.85. The van der Waals surface area contributed by atoms with Crippen molar-refractivity contribution in [2.45, 2.75) is 6.61 Å². The zero-order chi connectivity index (χ0) is 22.2. The van der Waals surface area contributed by atoms with E-state index in [1.807, 2.05) is 0 Å². The van der Waals surface area contributed by atoms with E-state index in [2.05, 4.69) is 10.5 Å². The molecule has 0 heterocycles. The van der Waals surface area contributed by atoms with Gasteiger partial charge in [-0.2, -0.15) is 5.10 Å². The number of ether oxygens (including phenoxy) is 1. The number of nitrogens with zero attached hydrogens (tertiary/aromatic N) is 3. The van der Waals surface area contributed by atoms with Crippen LogP contribution in [0.15, 0.2) is 77.9 Å². The lowest BCUT2D eigenvalue weighted by Gasteiger charge is -2.06. The number of carbonyl (C=O) groups is 1. The molecule has 31 heavy (non-hydrogen) atoms. The molecule has 3 rings (SSSR count). The molecule has 0 bridgehead atoms. The van der Waals surface area contributed by atoms with Crippen molar-refractivity contribution in [3.8, 4) is 5.75 Å². The minimum atomic E-state index is -0.578. The van der Waals surface area contributed by atoms with Gasteiger partial charge >= 0.3 is 0 Å². The molecule has 1 N–H and O–H groups in total. The van der Waals surface area contributed by atoms with Crippen LogP contribution >= 0.6 is 0 Å². The molecular weight excluding hydrogens is 404 g/mol. The van der Waals surface area contributed by atoms with Crippen LogP contribution in [0.25, 0.3) is 0 Å². The maximum atomic E-state index is 12.0. The van der Waals surface area contributed by atoms with Gasteiger partial charge in [0.25, 0.3) is 17.3 Å². The number of hydrogen-bond acceptors (Lipinski definition) is 7. The molecule has 0 aliphatic carbocycles. The van der Waals surface area contributed by atoms with Gasteiger partial charge < -0.3 is 4.74 Å². The Labute approximate surface area is 176 Å². The Morgan fingerprint density at radius 3 is 2.26 bits per heavy atom. The maximum absolute atomic E-state index is 12.0. The van der Waals surface area contributed by atoms with Crippen LogP contribution in [0.2, 0.25) is 0 Å². The van der Waals surface area contributed by atoms with Crippen molar-refractivity contribution in [2.24, 2.45) is 5.10 Å². The zero-order valence-corrected chi connectivity index (χ0v) is 16.0. The SMILES string of the molecule is O=C(N/N=C\c1ccc(OCc2ccc([N+](=O)[O-])cc2)cc1)c1cccc([N+](=O)[O-])c1. The van der Waals surface area contributed by atoms with Crippen LogP contribution in [0.4, 0.5) is 11.4 Å². The number of hydrogen-bond donors (Lipinski definition) is 1. The highest BCUT2D eigenvalue weighted by Crippen LogP contribution is 2.16. The molecule has 156 valence electrons. The molecule has 0 fully saturated rings. The molecule has 0 spiro atoms. The summed E-state index contributed by atoms with van der Waals surface area (Å²) >= 11 is 0. The minimum absolute atomic E-state index is 0.0185. The van der Waals surface area contributed by atoms with E-state index in [9.17, 15) is 25.0 Å². The van der Waals surface area contributed by atoms with Gasteiger partial charge in [0.05, 0.1) is 16.1 Å². The van der Waals surface area contributed by atoms with Gasteiger partial charge in [-0.25, -0.2) is 5.43 Å². The van der Waals surface area contributed by atoms with Crippen LogP contribution in [0, 0.1) is 20.2 Å². The first-order valence-electron chi connectivity index (χ1n) is 8.96. The minimum Gasteiger partial charge on any atom is -0.489 e. The number of hydrazone groups is 1. The van der Waals surface area contributed by atoms with Crippen molar-refractivity contribution in [3.63, 3.8) is 0 Å². The molecule has 0 unspecified atom stereocenters. The molecule has 10 heteroatoms. The summed E-state index contributed by atoms with van der Waals surface area (Å²) in [7, 11) is 0. The number of rotatable bonds is 8. The first-order valence-corrected chi connectivity index (χ1v) is 8.96. The first-order chi connectivity index (χ1) is 14.9. The number of amides is 1. The van der Waals surface area contributed by atoms with E-state index in [1.54, 1.807) is 36.4 Å². The van der Waals surface area contributed by atoms with Crippen LogP contribution < -0.4 is 10.2 Å². The van der Waals surface area contributed by atoms with E-state index >= 15 is 0 Å². The van der Waals surface area contributed by atoms with Gasteiger partial charge in [-0.05, 0) is 53.6 Å². The summed E-state index contributed by atoms with van der Waals surface area (Å²) in [4.78, 5) is 32.4. The van der Waals surface area contributed by atoms with E-state index in [0.29, 0.717) is 11.3 Å². The first kappa shape index (κ1) is 21.1. The Kier molecular flexibility index (Phi) is 6.64. The third-order valence-corrected chi connectivity index (χ3v) is 4.13. The lowest BCUT2D eigenvalue weighted by atomic mass is 10.2. The number of carbonyl (C=O) groups excluding carboxylic acids is 1. The largest absolute Gasteiger partial charge is 0.489 e. The lowest BCUT2D eigenvalue weighted by Crippen LogP contribution is -2.17. The number of nitro groups is 2. The second-order valence-corrected chi connectivity index (χ2v) is 6.29. The van der Waals surface area contributed by atoms with Crippen molar-refractivity contribution in [1.29, 1.82) is 0 Å². The van der Waals surface area contributed by atoms with E-state index in [1.165, 1.54) is 42.6 Å². The van der Waals surface area contributed by atoms with Crippen LogP contribution in [-0.2, 0) is 6.61 Å². The average molecular weight is 420 g/mol. The highest BCUT2D eigenvalue weighted by Gasteiger charge is 2.10. The second-order valence-electron chi connectivity index (χ2n) is 6.29. The second kappa shape index (κ2) is 9.74. The fourth-order valence-corrected chi connectivity index (χ4v) is 2.52. The zero-order valence-electron chi connectivity index (χ0n) is 16.0. The van der Waals surface area contributed by atoms with Crippen molar-refractivity contribution in [1.82, 2.24) is 5.43 Å². The van der Waals surface area contributed by atoms with Crippen molar-refractivity contribution in [3.05, 3.63) is 110 Å². The van der Waals surface area contributed by atoms with Gasteiger partial charge in [0.2, 0.25) is 0 Å². The summed E-state index contributed by atoms with van der Waals surface area (Å²) in [6.07, 6.45) is 1.43. The molecule has 0 aromatic heterocycles. The van der Waals surface area contributed by atoms with E-state index in [4.69, 9.17) is 4.74 Å². The highest BCUT2D eigenvalue weighted by atomic mass is 16.6. The Balaban J connectivity index is 1.52. The van der Waals surface area contributed by atoms with Crippen LogP contribution in [0.3, 0.4) is 0 Å². The van der Waals surface area contributed by atoms with Crippen molar-refractivity contribution >= 4 is 23.5 Å². The molecule has 3 aromatic rings. The Morgan fingerprint density at radius 1 is 0.935 bits per heavy atom. The average Bonchev–Trinajstić information content (AvgIpc) is 2.78. The Bertz CT molecular complexity index is 1130. The molecule has 0 saturated carbocycles. The van der Waals surface area contributed by atoms with Gasteiger partial charge in [-0.15, -0.1) is 0 Å². The van der Waals surface area contributed by atoms with Crippen LogP contribution in [0.5, 0.6) is 5.75 Å². The van der Waals surface area contributed by atoms with Gasteiger partial charge in [0.15, 0.2) is 0 Å². The van der Waals surface area contributed by atoms with Crippen LogP contribution in [0.1, 0.15) is 21.5 Å². The summed E-state index contributed by atoms with van der Waals surface area (Å²) in [5.41, 5.74) is 3.77. The van der Waals surface area contributed by atoms with Gasteiger partial charge in [0.1, 0.15) is 12.4 Å². The topological polar surface area (TPSA) is 137 Å². The van der Waals surface area contributed by atoms with Gasteiger partial charge in [-0.1, -0.05) is 6.07 Å². The normalized spacial score (nSPS) is 10.6. The van der Waals surface area contributed by atoms with Crippen molar-refractivity contribution < 1.29 is 19.4 Å². The smallest absolute Gasteiger partial charge is 0.271 e. The third-order valence-electron chi connectivity index (χ3n) is 4.13. The van der Waals surface area contributed by atoms with Crippen molar-refractivity contribution in [2.75, 3.05) is 0 Å². The molecule has 10 nitrogen and oxygen atoms in total. The fraction of sp³-hybridized carbons (Fsp3) is 0.0476. The number of non-ortho nitro benzene ring substituents is 2. The predicted molar refractivity (Wildman–Crippen MR) is 112 cm³/mol. The lowest BCUT2D eigenvalue weighted by molar-refractivity contribution is -0.385. The molecule has 0 radical (unpaired) electrons. The quantitative estimate of drug-likeness (QED) is 0.334. The Hall–Kier alpha value is -4.60. The highest BCUT2D eigenvalue weighted by molar-refractivity contribution is 5.95. The number of benzene rings is 3. The molecule has 0 aliphatic rings.